The predicted octanol–water partition coefficient (Wildman–Crippen LogP) is 4.02. The van der Waals surface area contributed by atoms with Gasteiger partial charge in [0.2, 0.25) is 0 Å². The number of aryl methyl sites for hydroxylation is 3. The Hall–Kier alpha value is -2.67. The maximum atomic E-state index is 12.4. The Kier molecular flexibility index (Phi) is 4.34. The van der Waals surface area contributed by atoms with Gasteiger partial charge in [-0.25, -0.2) is 0 Å². The highest BCUT2D eigenvalue weighted by molar-refractivity contribution is 6.32. The van der Waals surface area contributed by atoms with Crippen molar-refractivity contribution in [2.75, 3.05) is 0 Å². The van der Waals surface area contributed by atoms with Gasteiger partial charge in [0.05, 0.1) is 10.3 Å². The first-order valence-corrected chi connectivity index (χ1v) is 8.16. The molecule has 0 aliphatic rings. The molecule has 2 heterocycles. The molecule has 0 aliphatic heterocycles. The molecule has 0 aliphatic carbocycles. The van der Waals surface area contributed by atoms with Gasteiger partial charge in [-0.2, -0.15) is 5.10 Å². The summed E-state index contributed by atoms with van der Waals surface area (Å²) in [5, 5.41) is 16.6. The average molecular weight is 362 g/mol. The standard InChI is InChI=1S/C17H16ClN3O4/c1-4-5-12-16(21(23)24)17(20(3)19-12)15-8-13(22)10-7-11(18)9(2)6-14(10)25-15/h6-8H,4-5H2,1-3H3. The van der Waals surface area contributed by atoms with Crippen LogP contribution in [-0.4, -0.2) is 14.7 Å². The summed E-state index contributed by atoms with van der Waals surface area (Å²) in [7, 11) is 1.60. The van der Waals surface area contributed by atoms with Crippen LogP contribution in [-0.2, 0) is 13.5 Å². The van der Waals surface area contributed by atoms with Crippen molar-refractivity contribution in [1.82, 2.24) is 9.78 Å². The highest BCUT2D eigenvalue weighted by atomic mass is 35.5. The zero-order valence-electron chi connectivity index (χ0n) is 14.0. The number of aromatic nitrogens is 2. The van der Waals surface area contributed by atoms with Crippen molar-refractivity contribution in [2.45, 2.75) is 26.7 Å². The second kappa shape index (κ2) is 6.33. The Morgan fingerprint density at radius 3 is 2.72 bits per heavy atom. The van der Waals surface area contributed by atoms with E-state index in [1.54, 1.807) is 26.1 Å². The molecule has 130 valence electrons. The largest absolute Gasteiger partial charge is 0.454 e. The first-order chi connectivity index (χ1) is 11.8. The lowest BCUT2D eigenvalue weighted by atomic mass is 10.1. The summed E-state index contributed by atoms with van der Waals surface area (Å²) in [6.07, 6.45) is 1.19. The Balaban J connectivity index is 2.32. The molecular formula is C17H16ClN3O4. The number of nitrogens with zero attached hydrogens (tertiary/aromatic N) is 3. The third-order valence-corrected chi connectivity index (χ3v) is 4.41. The summed E-state index contributed by atoms with van der Waals surface area (Å²) in [6.45, 7) is 3.71. The zero-order chi connectivity index (χ0) is 18.3. The first kappa shape index (κ1) is 17.2. The van der Waals surface area contributed by atoms with E-state index < -0.39 is 4.92 Å². The molecule has 0 radical (unpaired) electrons. The van der Waals surface area contributed by atoms with Crippen LogP contribution in [0.5, 0.6) is 0 Å². The van der Waals surface area contributed by atoms with Gasteiger partial charge >= 0.3 is 5.69 Å². The molecule has 0 bridgehead atoms. The van der Waals surface area contributed by atoms with E-state index in [-0.39, 0.29) is 22.6 Å². The van der Waals surface area contributed by atoms with Crippen molar-refractivity contribution in [2.24, 2.45) is 7.05 Å². The van der Waals surface area contributed by atoms with Crippen LogP contribution in [0.1, 0.15) is 24.6 Å². The Morgan fingerprint density at radius 1 is 1.36 bits per heavy atom. The molecule has 0 fully saturated rings. The number of halogens is 1. The molecule has 0 N–H and O–H groups in total. The van der Waals surface area contributed by atoms with Crippen LogP contribution >= 0.6 is 11.6 Å². The molecule has 7 nitrogen and oxygen atoms in total. The van der Waals surface area contributed by atoms with Gasteiger partial charge in [-0.1, -0.05) is 24.9 Å². The van der Waals surface area contributed by atoms with Crippen LogP contribution in [0.3, 0.4) is 0 Å². The summed E-state index contributed by atoms with van der Waals surface area (Å²) in [5.74, 6) is 0.114. The summed E-state index contributed by atoms with van der Waals surface area (Å²) < 4.78 is 7.19. The first-order valence-electron chi connectivity index (χ1n) is 7.78. The monoisotopic (exact) mass is 361 g/mol. The highest BCUT2D eigenvalue weighted by Crippen LogP contribution is 2.34. The Morgan fingerprint density at radius 2 is 2.08 bits per heavy atom. The minimum atomic E-state index is -0.482. The zero-order valence-corrected chi connectivity index (χ0v) is 14.8. The molecular weight excluding hydrogens is 346 g/mol. The minimum absolute atomic E-state index is 0.114. The molecule has 0 saturated heterocycles. The van der Waals surface area contributed by atoms with Crippen molar-refractivity contribution >= 4 is 28.3 Å². The lowest BCUT2D eigenvalue weighted by Crippen LogP contribution is -2.04. The summed E-state index contributed by atoms with van der Waals surface area (Å²) >= 11 is 6.06. The quantitative estimate of drug-likeness (QED) is 0.517. The van der Waals surface area contributed by atoms with Crippen LogP contribution in [0.4, 0.5) is 5.69 Å². The van der Waals surface area contributed by atoms with Crippen LogP contribution in [0.2, 0.25) is 5.02 Å². The van der Waals surface area contributed by atoms with Gasteiger partial charge in [0, 0.05) is 18.1 Å². The van der Waals surface area contributed by atoms with E-state index in [0.717, 1.165) is 12.0 Å². The maximum Gasteiger partial charge on any atom is 0.321 e. The van der Waals surface area contributed by atoms with Gasteiger partial charge in [0.25, 0.3) is 0 Å². The van der Waals surface area contributed by atoms with E-state index in [1.807, 2.05) is 6.92 Å². The van der Waals surface area contributed by atoms with Crippen LogP contribution in [0.15, 0.2) is 27.4 Å². The fourth-order valence-corrected chi connectivity index (χ4v) is 3.00. The third kappa shape index (κ3) is 2.91. The van der Waals surface area contributed by atoms with Gasteiger partial charge < -0.3 is 4.42 Å². The number of rotatable bonds is 4. The topological polar surface area (TPSA) is 91.2 Å². The maximum absolute atomic E-state index is 12.4. The molecule has 0 amide bonds. The van der Waals surface area contributed by atoms with Crippen LogP contribution in [0.25, 0.3) is 22.4 Å². The van der Waals surface area contributed by atoms with Crippen molar-refractivity contribution in [3.05, 3.63) is 54.8 Å². The third-order valence-electron chi connectivity index (χ3n) is 4.00. The molecule has 0 atom stereocenters. The average Bonchev–Trinajstić information content (AvgIpc) is 2.86. The van der Waals surface area contributed by atoms with Crippen molar-refractivity contribution in [3.8, 4) is 11.5 Å². The van der Waals surface area contributed by atoms with Crippen LogP contribution in [0, 0.1) is 17.0 Å². The molecule has 1 aromatic carbocycles. The molecule has 3 rings (SSSR count). The molecule has 0 saturated carbocycles. The lowest BCUT2D eigenvalue weighted by Gasteiger charge is -2.05. The summed E-state index contributed by atoms with van der Waals surface area (Å²) in [4.78, 5) is 23.5. The van der Waals surface area contributed by atoms with E-state index >= 15 is 0 Å². The van der Waals surface area contributed by atoms with Gasteiger partial charge in [0.1, 0.15) is 11.3 Å². The highest BCUT2D eigenvalue weighted by Gasteiger charge is 2.29. The molecule has 2 aromatic heterocycles. The van der Waals surface area contributed by atoms with Gasteiger partial charge in [-0.05, 0) is 31.0 Å². The van der Waals surface area contributed by atoms with Crippen molar-refractivity contribution in [3.63, 3.8) is 0 Å². The fraction of sp³-hybridized carbons (Fsp3) is 0.294. The van der Waals surface area contributed by atoms with E-state index in [1.165, 1.54) is 10.7 Å². The molecule has 0 unspecified atom stereocenters. The number of hydrogen-bond donors (Lipinski definition) is 0. The second-order valence-corrected chi connectivity index (χ2v) is 6.25. The fourth-order valence-electron chi connectivity index (χ4n) is 2.84. The van der Waals surface area contributed by atoms with E-state index in [2.05, 4.69) is 5.10 Å². The normalized spacial score (nSPS) is 11.2. The molecule has 25 heavy (non-hydrogen) atoms. The van der Waals surface area contributed by atoms with Crippen molar-refractivity contribution in [1.29, 1.82) is 0 Å². The molecule has 0 spiro atoms. The SMILES string of the molecule is CCCc1nn(C)c(-c2cc(=O)c3cc(Cl)c(C)cc3o2)c1[N+](=O)[O-]. The molecule has 8 heteroatoms. The number of benzene rings is 1. The smallest absolute Gasteiger partial charge is 0.321 e. The van der Waals surface area contributed by atoms with Gasteiger partial charge in [-0.3, -0.25) is 19.6 Å². The minimum Gasteiger partial charge on any atom is -0.454 e. The summed E-state index contributed by atoms with van der Waals surface area (Å²) in [5.41, 5.74) is 1.20. The summed E-state index contributed by atoms with van der Waals surface area (Å²) in [6, 6.07) is 4.44. The second-order valence-electron chi connectivity index (χ2n) is 5.85. The van der Waals surface area contributed by atoms with Gasteiger partial charge in [-0.15, -0.1) is 0 Å². The number of nitro groups is 1. The van der Waals surface area contributed by atoms with E-state index in [0.29, 0.717) is 28.1 Å². The van der Waals surface area contributed by atoms with Crippen molar-refractivity contribution < 1.29 is 9.34 Å². The lowest BCUT2D eigenvalue weighted by molar-refractivity contribution is -0.385. The van der Waals surface area contributed by atoms with E-state index in [4.69, 9.17) is 16.0 Å². The van der Waals surface area contributed by atoms with Crippen LogP contribution < -0.4 is 5.43 Å². The molecule has 3 aromatic rings. The van der Waals surface area contributed by atoms with Gasteiger partial charge in [0.15, 0.2) is 16.9 Å². The Bertz CT molecular complexity index is 1050. The Labute approximate surface area is 148 Å². The number of hydrogen-bond acceptors (Lipinski definition) is 5. The predicted molar refractivity (Wildman–Crippen MR) is 95.1 cm³/mol. The van der Waals surface area contributed by atoms with E-state index in [9.17, 15) is 14.9 Å². The number of fused-ring (bicyclic) bond motifs is 1.